The number of hydrogen-bond donors (Lipinski definition) is 2. The average molecular weight is 605 g/mol. The Labute approximate surface area is 258 Å². The fourth-order valence-electron chi connectivity index (χ4n) is 5.23. The van der Waals surface area contributed by atoms with E-state index in [1.165, 1.54) is 12.1 Å². The molecule has 0 radical (unpaired) electrons. The number of ether oxygens (including phenoxy) is 3. The van der Waals surface area contributed by atoms with E-state index in [4.69, 9.17) is 14.2 Å². The molecule has 0 saturated carbocycles. The lowest BCUT2D eigenvalue weighted by Gasteiger charge is -2.33. The van der Waals surface area contributed by atoms with Gasteiger partial charge in [0.2, 0.25) is 0 Å². The van der Waals surface area contributed by atoms with Gasteiger partial charge in [0.1, 0.15) is 23.3 Å². The zero-order valence-electron chi connectivity index (χ0n) is 25.8. The van der Waals surface area contributed by atoms with Gasteiger partial charge in [-0.05, 0) is 81.8 Å². The molecule has 0 unspecified atom stereocenters. The molecule has 3 aromatic rings. The van der Waals surface area contributed by atoms with Gasteiger partial charge >= 0.3 is 6.09 Å². The van der Waals surface area contributed by atoms with Gasteiger partial charge in [0.25, 0.3) is 5.91 Å². The lowest BCUT2D eigenvalue weighted by Crippen LogP contribution is -2.44. The summed E-state index contributed by atoms with van der Waals surface area (Å²) in [5, 5.41) is 6.28. The van der Waals surface area contributed by atoms with Crippen LogP contribution in [0.2, 0.25) is 0 Å². The molecule has 44 heavy (non-hydrogen) atoms. The highest BCUT2D eigenvalue weighted by Crippen LogP contribution is 2.29. The van der Waals surface area contributed by atoms with Gasteiger partial charge in [-0.15, -0.1) is 0 Å². The topological polar surface area (TPSA) is 92.4 Å². The van der Waals surface area contributed by atoms with Crippen LogP contribution in [0.4, 0.5) is 31.9 Å². The van der Waals surface area contributed by atoms with Crippen LogP contribution in [-0.4, -0.2) is 68.0 Å². The Kier molecular flexibility index (Phi) is 9.58. The van der Waals surface area contributed by atoms with E-state index in [2.05, 4.69) is 15.5 Å². The summed E-state index contributed by atoms with van der Waals surface area (Å²) in [6.45, 7) is 11.2. The monoisotopic (exact) mass is 604 g/mol. The van der Waals surface area contributed by atoms with Gasteiger partial charge in [-0.25, -0.2) is 9.18 Å². The van der Waals surface area contributed by atoms with Crippen LogP contribution in [0.15, 0.2) is 60.7 Å². The molecular formula is C34H41FN4O5. The molecule has 10 heteroatoms. The first-order valence-corrected chi connectivity index (χ1v) is 15.1. The van der Waals surface area contributed by atoms with E-state index in [9.17, 15) is 14.0 Å². The molecule has 0 spiro atoms. The predicted molar refractivity (Wildman–Crippen MR) is 170 cm³/mol. The number of piperidine rings is 1. The van der Waals surface area contributed by atoms with Crippen molar-refractivity contribution in [1.29, 1.82) is 0 Å². The second-order valence-corrected chi connectivity index (χ2v) is 12.2. The second kappa shape index (κ2) is 13.5. The number of rotatable bonds is 7. The number of benzene rings is 3. The molecule has 2 heterocycles. The number of carbonyl (C=O) groups excluding carboxylic acids is 2. The number of aryl methyl sites for hydroxylation is 1. The van der Waals surface area contributed by atoms with Crippen molar-refractivity contribution in [2.75, 3.05) is 54.9 Å². The summed E-state index contributed by atoms with van der Waals surface area (Å²) in [5.41, 5.74) is 3.61. The summed E-state index contributed by atoms with van der Waals surface area (Å²) < 4.78 is 31.6. The Morgan fingerprint density at radius 1 is 0.932 bits per heavy atom. The van der Waals surface area contributed by atoms with Crippen molar-refractivity contribution in [3.63, 3.8) is 0 Å². The number of nitrogens with zero attached hydrogens (tertiary/aromatic N) is 2. The maximum Gasteiger partial charge on any atom is 0.410 e. The first-order valence-electron chi connectivity index (χ1n) is 15.1. The van der Waals surface area contributed by atoms with Crippen molar-refractivity contribution in [1.82, 2.24) is 4.90 Å². The Morgan fingerprint density at radius 3 is 2.41 bits per heavy atom. The number of likely N-dealkylation sites (tertiary alicyclic amines) is 1. The molecule has 0 aliphatic carbocycles. The largest absolute Gasteiger partial charge is 0.490 e. The van der Waals surface area contributed by atoms with E-state index in [0.717, 1.165) is 16.9 Å². The van der Waals surface area contributed by atoms with Gasteiger partial charge < -0.3 is 34.6 Å². The highest BCUT2D eigenvalue weighted by Gasteiger charge is 2.28. The number of hydrogen-bond acceptors (Lipinski definition) is 7. The molecule has 0 bridgehead atoms. The first-order chi connectivity index (χ1) is 21.0. The van der Waals surface area contributed by atoms with Crippen molar-refractivity contribution in [2.24, 2.45) is 0 Å². The van der Waals surface area contributed by atoms with Crippen LogP contribution in [0.5, 0.6) is 5.75 Å². The van der Waals surface area contributed by atoms with E-state index in [0.29, 0.717) is 74.9 Å². The molecule has 234 valence electrons. The summed E-state index contributed by atoms with van der Waals surface area (Å²) in [6, 6.07) is 17.6. The van der Waals surface area contributed by atoms with Crippen molar-refractivity contribution >= 4 is 34.7 Å². The smallest absolute Gasteiger partial charge is 0.410 e. The van der Waals surface area contributed by atoms with E-state index < -0.39 is 5.60 Å². The molecule has 2 aliphatic rings. The number of carbonyl (C=O) groups is 2. The van der Waals surface area contributed by atoms with Gasteiger partial charge in [0.05, 0.1) is 13.2 Å². The van der Waals surface area contributed by atoms with E-state index in [1.807, 2.05) is 58.0 Å². The fourth-order valence-corrected chi connectivity index (χ4v) is 5.23. The van der Waals surface area contributed by atoms with Gasteiger partial charge in [-0.3, -0.25) is 4.79 Å². The number of morpholine rings is 1. The standard InChI is InChI=1S/C34H41FN4O5/c1-23-8-9-26(36-27-19-25(35)20-28(21-27)38-14-16-42-17-15-38)22-31(23)37-32(40)24-6-5-7-30(18-24)43-29-10-12-39(13-11-29)33(41)44-34(2,3)4/h5-9,18-22,29,36H,10-17H2,1-4H3,(H,37,40). The minimum atomic E-state index is -0.531. The van der Waals surface area contributed by atoms with Crippen LogP contribution >= 0.6 is 0 Å². The Bertz CT molecular complexity index is 1480. The fraction of sp³-hybridized carbons (Fsp3) is 0.412. The normalized spacial score (nSPS) is 15.9. The van der Waals surface area contributed by atoms with Crippen molar-refractivity contribution in [2.45, 2.75) is 52.2 Å². The molecule has 0 aromatic heterocycles. The molecule has 2 saturated heterocycles. The third kappa shape index (κ3) is 8.41. The number of halogens is 1. The summed E-state index contributed by atoms with van der Waals surface area (Å²) in [5.74, 6) is 0.00584. The lowest BCUT2D eigenvalue weighted by atomic mass is 10.1. The lowest BCUT2D eigenvalue weighted by molar-refractivity contribution is 0.0126. The van der Waals surface area contributed by atoms with Crippen molar-refractivity contribution in [3.8, 4) is 5.75 Å². The first kappa shape index (κ1) is 31.1. The van der Waals surface area contributed by atoms with Gasteiger partial charge in [0, 0.05) is 67.3 Å². The second-order valence-electron chi connectivity index (χ2n) is 12.2. The minimum absolute atomic E-state index is 0.0661. The van der Waals surface area contributed by atoms with Crippen LogP contribution in [0, 0.1) is 12.7 Å². The molecule has 3 aromatic carbocycles. The van der Waals surface area contributed by atoms with Crippen LogP contribution < -0.4 is 20.3 Å². The maximum absolute atomic E-state index is 14.5. The minimum Gasteiger partial charge on any atom is -0.490 e. The summed E-state index contributed by atoms with van der Waals surface area (Å²) in [7, 11) is 0. The van der Waals surface area contributed by atoms with Crippen molar-refractivity contribution in [3.05, 3.63) is 77.6 Å². The number of nitrogens with one attached hydrogen (secondary N) is 2. The van der Waals surface area contributed by atoms with Gasteiger partial charge in [0.15, 0.2) is 0 Å². The van der Waals surface area contributed by atoms with Crippen LogP contribution in [0.25, 0.3) is 0 Å². The number of amides is 2. The zero-order valence-corrected chi connectivity index (χ0v) is 25.8. The number of anilines is 4. The molecule has 0 atom stereocenters. The third-order valence-electron chi connectivity index (χ3n) is 7.53. The Balaban J connectivity index is 1.20. The van der Waals surface area contributed by atoms with Crippen LogP contribution in [0.1, 0.15) is 49.5 Å². The Morgan fingerprint density at radius 2 is 1.68 bits per heavy atom. The highest BCUT2D eigenvalue weighted by atomic mass is 19.1. The quantitative estimate of drug-likeness (QED) is 0.308. The molecular weight excluding hydrogens is 563 g/mol. The Hall–Kier alpha value is -4.31. The SMILES string of the molecule is Cc1ccc(Nc2cc(F)cc(N3CCOCC3)c2)cc1NC(=O)c1cccc(OC2CCN(C(=O)OC(C)(C)C)CC2)c1. The highest BCUT2D eigenvalue weighted by molar-refractivity contribution is 6.05. The molecule has 9 nitrogen and oxygen atoms in total. The molecule has 2 aliphatic heterocycles. The average Bonchev–Trinajstić information content (AvgIpc) is 2.98. The van der Waals surface area contributed by atoms with Crippen molar-refractivity contribution < 1.29 is 28.2 Å². The maximum atomic E-state index is 14.5. The molecule has 2 amide bonds. The summed E-state index contributed by atoms with van der Waals surface area (Å²) >= 11 is 0. The van der Waals surface area contributed by atoms with Crippen LogP contribution in [-0.2, 0) is 9.47 Å². The molecule has 2 N–H and O–H groups in total. The summed E-state index contributed by atoms with van der Waals surface area (Å²) in [6.07, 6.45) is 0.975. The summed E-state index contributed by atoms with van der Waals surface area (Å²) in [4.78, 5) is 29.4. The van der Waals surface area contributed by atoms with Gasteiger partial charge in [-0.1, -0.05) is 12.1 Å². The predicted octanol–water partition coefficient (Wildman–Crippen LogP) is 6.74. The molecule has 2 fully saturated rings. The third-order valence-corrected chi connectivity index (χ3v) is 7.53. The van der Waals surface area contributed by atoms with E-state index in [1.54, 1.807) is 23.1 Å². The van der Waals surface area contributed by atoms with E-state index in [-0.39, 0.29) is 23.9 Å². The van der Waals surface area contributed by atoms with E-state index >= 15 is 0 Å². The molecule has 5 rings (SSSR count). The van der Waals surface area contributed by atoms with Crippen LogP contribution in [0.3, 0.4) is 0 Å². The van der Waals surface area contributed by atoms with Gasteiger partial charge in [-0.2, -0.15) is 0 Å². The zero-order chi connectivity index (χ0) is 31.3.